The van der Waals surface area contributed by atoms with Crippen LogP contribution >= 0.6 is 0 Å². The fraction of sp³-hybridized carbons (Fsp3) is 0.333. The highest BCUT2D eigenvalue weighted by atomic mass is 19.4. The van der Waals surface area contributed by atoms with Crippen molar-refractivity contribution in [3.05, 3.63) is 41.2 Å². The predicted molar refractivity (Wildman–Crippen MR) is 74.4 cm³/mol. The number of ether oxygens (including phenoxy) is 1. The number of hydrogen-bond acceptors (Lipinski definition) is 3. The molecule has 0 aliphatic heterocycles. The van der Waals surface area contributed by atoms with Gasteiger partial charge in [-0.1, -0.05) is 13.0 Å². The molecule has 0 atom stereocenters. The molecular formula is C15H15F3N2O2. The van der Waals surface area contributed by atoms with E-state index in [0.29, 0.717) is 23.1 Å². The van der Waals surface area contributed by atoms with Crippen molar-refractivity contribution in [3.63, 3.8) is 0 Å². The summed E-state index contributed by atoms with van der Waals surface area (Å²) in [6.45, 7) is 1.85. The summed E-state index contributed by atoms with van der Waals surface area (Å²) in [5.74, 6) is -0.280. The maximum atomic E-state index is 12.7. The maximum absolute atomic E-state index is 12.7. The van der Waals surface area contributed by atoms with Gasteiger partial charge in [-0.2, -0.15) is 13.2 Å². The third-order valence-corrected chi connectivity index (χ3v) is 3.32. The summed E-state index contributed by atoms with van der Waals surface area (Å²) in [5.41, 5.74) is 0.669. The molecule has 0 spiro atoms. The molecule has 0 radical (unpaired) electrons. The lowest BCUT2D eigenvalue weighted by Crippen LogP contribution is -2.06. The van der Waals surface area contributed by atoms with E-state index in [2.05, 4.69) is 9.72 Å². The fourth-order valence-electron chi connectivity index (χ4n) is 2.21. The molecule has 1 aromatic carbocycles. The van der Waals surface area contributed by atoms with E-state index >= 15 is 0 Å². The summed E-state index contributed by atoms with van der Waals surface area (Å²) in [7, 11) is 2.78. The van der Waals surface area contributed by atoms with Crippen LogP contribution in [0, 0.1) is 0 Å². The number of carbonyl (C=O) groups is 1. The molecular weight excluding hydrogens is 297 g/mol. The third kappa shape index (κ3) is 2.98. The van der Waals surface area contributed by atoms with Crippen molar-refractivity contribution in [2.24, 2.45) is 7.05 Å². The average Bonchev–Trinajstić information content (AvgIpc) is 2.88. The second-order valence-corrected chi connectivity index (χ2v) is 4.78. The number of hydrogen-bond donors (Lipinski definition) is 0. The third-order valence-electron chi connectivity index (χ3n) is 3.32. The number of aromatic nitrogens is 2. The molecule has 0 aliphatic carbocycles. The number of esters is 1. The molecule has 118 valence electrons. The van der Waals surface area contributed by atoms with Crippen LogP contribution < -0.4 is 0 Å². The SMILES string of the molecule is CCc1cc(-c2nc(C(F)(F)F)cn2C)ccc1C(=O)OC. The summed E-state index contributed by atoms with van der Waals surface area (Å²) >= 11 is 0. The Balaban J connectivity index is 2.50. The van der Waals surface area contributed by atoms with Crippen molar-refractivity contribution < 1.29 is 22.7 Å². The Hall–Kier alpha value is -2.31. The molecule has 22 heavy (non-hydrogen) atoms. The number of rotatable bonds is 3. The molecule has 7 heteroatoms. The summed E-state index contributed by atoms with van der Waals surface area (Å²) in [5, 5.41) is 0. The van der Waals surface area contributed by atoms with Gasteiger partial charge in [0.15, 0.2) is 5.69 Å². The van der Waals surface area contributed by atoms with E-state index in [9.17, 15) is 18.0 Å². The number of halogens is 3. The number of benzene rings is 1. The Morgan fingerprint density at radius 3 is 2.55 bits per heavy atom. The van der Waals surface area contributed by atoms with E-state index in [1.54, 1.807) is 18.2 Å². The Morgan fingerprint density at radius 2 is 2.05 bits per heavy atom. The minimum Gasteiger partial charge on any atom is -0.465 e. The monoisotopic (exact) mass is 312 g/mol. The lowest BCUT2D eigenvalue weighted by atomic mass is 10.0. The normalized spacial score (nSPS) is 11.5. The van der Waals surface area contributed by atoms with E-state index in [1.807, 2.05) is 6.92 Å². The van der Waals surface area contributed by atoms with Crippen molar-refractivity contribution in [1.82, 2.24) is 9.55 Å². The van der Waals surface area contributed by atoms with E-state index in [0.717, 1.165) is 6.20 Å². The first-order valence-electron chi connectivity index (χ1n) is 6.60. The standard InChI is InChI=1S/C15H15F3N2O2/c1-4-9-7-10(5-6-11(9)14(21)22-3)13-19-12(8-20(13)2)15(16,17)18/h5-8H,4H2,1-3H3. The Bertz CT molecular complexity index is 705. The number of imidazole rings is 1. The van der Waals surface area contributed by atoms with Crippen LogP contribution in [0.1, 0.15) is 28.5 Å². The van der Waals surface area contributed by atoms with Gasteiger partial charge in [-0.05, 0) is 24.1 Å². The quantitative estimate of drug-likeness (QED) is 0.815. The second-order valence-electron chi connectivity index (χ2n) is 4.78. The molecule has 1 heterocycles. The van der Waals surface area contributed by atoms with E-state index < -0.39 is 17.8 Å². The zero-order valence-electron chi connectivity index (χ0n) is 12.4. The summed E-state index contributed by atoms with van der Waals surface area (Å²) < 4.78 is 44.2. The van der Waals surface area contributed by atoms with Gasteiger partial charge in [-0.25, -0.2) is 9.78 Å². The van der Waals surface area contributed by atoms with Gasteiger partial charge in [0.2, 0.25) is 0 Å². The molecule has 4 nitrogen and oxygen atoms in total. The van der Waals surface area contributed by atoms with Crippen LogP contribution in [-0.4, -0.2) is 22.6 Å². The van der Waals surface area contributed by atoms with Crippen LogP contribution in [0.25, 0.3) is 11.4 Å². The molecule has 0 bridgehead atoms. The Kier molecular flexibility index (Phi) is 4.25. The van der Waals surface area contributed by atoms with Gasteiger partial charge in [0.1, 0.15) is 5.82 Å². The predicted octanol–water partition coefficient (Wildman–Crippen LogP) is 3.45. The van der Waals surface area contributed by atoms with Crippen molar-refractivity contribution in [3.8, 4) is 11.4 Å². The van der Waals surface area contributed by atoms with Crippen molar-refractivity contribution >= 4 is 5.97 Å². The smallest absolute Gasteiger partial charge is 0.434 e. The van der Waals surface area contributed by atoms with E-state index in [1.165, 1.54) is 18.7 Å². The zero-order chi connectivity index (χ0) is 16.5. The summed E-state index contributed by atoms with van der Waals surface area (Å²) in [6.07, 6.45) is -3.00. The molecule has 0 saturated heterocycles. The van der Waals surface area contributed by atoms with Crippen LogP contribution in [0.2, 0.25) is 0 Å². The van der Waals surface area contributed by atoms with Gasteiger partial charge in [0.05, 0.1) is 12.7 Å². The first-order valence-corrected chi connectivity index (χ1v) is 6.60. The number of carbonyl (C=O) groups excluding carboxylic acids is 1. The average molecular weight is 312 g/mol. The van der Waals surface area contributed by atoms with Gasteiger partial charge >= 0.3 is 12.1 Å². The Labute approximate surface area is 125 Å². The van der Waals surface area contributed by atoms with Crippen LogP contribution in [0.5, 0.6) is 0 Å². The van der Waals surface area contributed by atoms with Gasteiger partial charge in [-0.3, -0.25) is 0 Å². The lowest BCUT2D eigenvalue weighted by Gasteiger charge is -2.09. The largest absolute Gasteiger partial charge is 0.465 e. The highest BCUT2D eigenvalue weighted by molar-refractivity contribution is 5.91. The topological polar surface area (TPSA) is 44.1 Å². The van der Waals surface area contributed by atoms with Crippen molar-refractivity contribution in [1.29, 1.82) is 0 Å². The summed E-state index contributed by atoms with van der Waals surface area (Å²) in [4.78, 5) is 15.3. The summed E-state index contributed by atoms with van der Waals surface area (Å²) in [6, 6.07) is 4.77. The van der Waals surface area contributed by atoms with E-state index in [-0.39, 0.29) is 5.82 Å². The first kappa shape index (κ1) is 16.1. The van der Waals surface area contributed by atoms with Gasteiger partial charge in [-0.15, -0.1) is 0 Å². The zero-order valence-corrected chi connectivity index (χ0v) is 12.4. The number of aryl methyl sites for hydroxylation is 2. The second kappa shape index (κ2) is 5.82. The number of nitrogens with zero attached hydrogens (tertiary/aromatic N) is 2. The van der Waals surface area contributed by atoms with Crippen LogP contribution in [0.3, 0.4) is 0 Å². The molecule has 0 N–H and O–H groups in total. The van der Waals surface area contributed by atoms with Crippen LogP contribution in [0.4, 0.5) is 13.2 Å². The van der Waals surface area contributed by atoms with Gasteiger partial charge in [0, 0.05) is 18.8 Å². The van der Waals surface area contributed by atoms with Crippen LogP contribution in [-0.2, 0) is 24.4 Å². The van der Waals surface area contributed by atoms with Gasteiger partial charge in [0.25, 0.3) is 0 Å². The first-order chi connectivity index (χ1) is 10.3. The van der Waals surface area contributed by atoms with Crippen LogP contribution in [0.15, 0.2) is 24.4 Å². The number of alkyl halides is 3. The molecule has 1 aromatic heterocycles. The molecule has 0 saturated carbocycles. The highest BCUT2D eigenvalue weighted by Gasteiger charge is 2.34. The molecule has 2 rings (SSSR count). The number of methoxy groups -OCH3 is 1. The molecule has 2 aromatic rings. The molecule has 0 unspecified atom stereocenters. The van der Waals surface area contributed by atoms with E-state index in [4.69, 9.17) is 0 Å². The molecule has 0 aliphatic rings. The van der Waals surface area contributed by atoms with Crippen molar-refractivity contribution in [2.75, 3.05) is 7.11 Å². The highest BCUT2D eigenvalue weighted by Crippen LogP contribution is 2.31. The maximum Gasteiger partial charge on any atom is 0.434 e. The minimum atomic E-state index is -4.49. The fourth-order valence-corrected chi connectivity index (χ4v) is 2.21. The molecule has 0 amide bonds. The van der Waals surface area contributed by atoms with Crippen molar-refractivity contribution in [2.45, 2.75) is 19.5 Å². The Morgan fingerprint density at radius 1 is 1.36 bits per heavy atom. The lowest BCUT2D eigenvalue weighted by molar-refractivity contribution is -0.140. The minimum absolute atomic E-state index is 0.193. The molecule has 0 fully saturated rings. The van der Waals surface area contributed by atoms with Gasteiger partial charge < -0.3 is 9.30 Å².